The van der Waals surface area contributed by atoms with E-state index in [9.17, 15) is 8.42 Å². The third-order valence-electron chi connectivity index (χ3n) is 2.73. The first-order chi connectivity index (χ1) is 8.50. The summed E-state index contributed by atoms with van der Waals surface area (Å²) < 4.78 is 23.0. The summed E-state index contributed by atoms with van der Waals surface area (Å²) >= 11 is 0. The second-order valence-electron chi connectivity index (χ2n) is 4.16. The van der Waals surface area contributed by atoms with Gasteiger partial charge in [-0.05, 0) is 28.8 Å². The molecule has 2 aromatic carbocycles. The Morgan fingerprint density at radius 1 is 1.00 bits per heavy atom. The molecule has 0 atom stereocenters. The molecule has 94 valence electrons. The van der Waals surface area contributed by atoms with Crippen LogP contribution in [0.4, 0.5) is 0 Å². The van der Waals surface area contributed by atoms with Crippen LogP contribution in [0.2, 0.25) is 0 Å². The Hall–Kier alpha value is -1.65. The summed E-state index contributed by atoms with van der Waals surface area (Å²) in [6, 6.07) is 14.2. The smallest absolute Gasteiger partial charge is 0.175 e. The van der Waals surface area contributed by atoms with Crippen molar-refractivity contribution in [3.63, 3.8) is 0 Å². The van der Waals surface area contributed by atoms with Crippen LogP contribution in [0, 0.1) is 0 Å². The maximum Gasteiger partial charge on any atom is 0.175 e. The standard InChI is InChI=1S/C14H14O3S/c1-18(16,17)14-4-2-3-13(9-14)12-7-5-11(10-15)6-8-12/h2-9,15H,10H2,1H3. The van der Waals surface area contributed by atoms with Gasteiger partial charge in [0, 0.05) is 6.26 Å². The van der Waals surface area contributed by atoms with Crippen LogP contribution < -0.4 is 0 Å². The average molecular weight is 262 g/mol. The summed E-state index contributed by atoms with van der Waals surface area (Å²) in [6.45, 7) is 0.00363. The molecule has 0 spiro atoms. The molecule has 0 amide bonds. The normalized spacial score (nSPS) is 11.4. The molecule has 4 heteroatoms. The SMILES string of the molecule is CS(=O)(=O)c1cccc(-c2ccc(CO)cc2)c1. The summed E-state index contributed by atoms with van der Waals surface area (Å²) in [5.74, 6) is 0. The first kappa shape index (κ1) is 12.8. The zero-order chi connectivity index (χ0) is 13.2. The number of rotatable bonds is 3. The molecule has 0 fully saturated rings. The van der Waals surface area contributed by atoms with Gasteiger partial charge in [0.25, 0.3) is 0 Å². The van der Waals surface area contributed by atoms with Gasteiger partial charge in [-0.2, -0.15) is 0 Å². The van der Waals surface area contributed by atoms with E-state index in [1.807, 2.05) is 30.3 Å². The minimum Gasteiger partial charge on any atom is -0.392 e. The number of benzene rings is 2. The van der Waals surface area contributed by atoms with E-state index in [1.165, 1.54) is 6.26 Å². The average Bonchev–Trinajstić information content (AvgIpc) is 2.38. The topological polar surface area (TPSA) is 54.4 Å². The second kappa shape index (κ2) is 4.92. The van der Waals surface area contributed by atoms with Crippen molar-refractivity contribution in [2.75, 3.05) is 6.26 Å². The van der Waals surface area contributed by atoms with E-state index in [0.717, 1.165) is 16.7 Å². The predicted molar refractivity (Wildman–Crippen MR) is 70.9 cm³/mol. The number of hydrogen-bond acceptors (Lipinski definition) is 3. The highest BCUT2D eigenvalue weighted by atomic mass is 32.2. The summed E-state index contributed by atoms with van der Waals surface area (Å²) in [5.41, 5.74) is 2.61. The van der Waals surface area contributed by atoms with E-state index >= 15 is 0 Å². The lowest BCUT2D eigenvalue weighted by atomic mass is 10.0. The molecule has 2 rings (SSSR count). The molecular formula is C14H14O3S. The molecule has 1 N–H and O–H groups in total. The monoisotopic (exact) mass is 262 g/mol. The van der Waals surface area contributed by atoms with Crippen LogP contribution in [-0.2, 0) is 16.4 Å². The zero-order valence-electron chi connectivity index (χ0n) is 10.00. The number of sulfone groups is 1. The van der Waals surface area contributed by atoms with Crippen LogP contribution in [0.1, 0.15) is 5.56 Å². The van der Waals surface area contributed by atoms with Gasteiger partial charge in [-0.1, -0.05) is 36.4 Å². The third-order valence-corrected chi connectivity index (χ3v) is 3.84. The Kier molecular flexibility index (Phi) is 3.50. The van der Waals surface area contributed by atoms with Crippen molar-refractivity contribution in [3.8, 4) is 11.1 Å². The van der Waals surface area contributed by atoms with Gasteiger partial charge in [-0.15, -0.1) is 0 Å². The molecule has 0 saturated carbocycles. The molecule has 0 unspecified atom stereocenters. The first-order valence-electron chi connectivity index (χ1n) is 5.51. The van der Waals surface area contributed by atoms with Crippen LogP contribution in [0.25, 0.3) is 11.1 Å². The fourth-order valence-electron chi connectivity index (χ4n) is 1.71. The van der Waals surface area contributed by atoms with Crippen molar-refractivity contribution in [2.45, 2.75) is 11.5 Å². The molecule has 0 aliphatic rings. The van der Waals surface area contributed by atoms with E-state index in [1.54, 1.807) is 18.2 Å². The van der Waals surface area contributed by atoms with Gasteiger partial charge in [0.15, 0.2) is 9.84 Å². The van der Waals surface area contributed by atoms with Gasteiger partial charge in [0.2, 0.25) is 0 Å². The molecule has 0 saturated heterocycles. The minimum absolute atomic E-state index is 0.00363. The van der Waals surface area contributed by atoms with Gasteiger partial charge in [-0.25, -0.2) is 8.42 Å². The van der Waals surface area contributed by atoms with E-state index < -0.39 is 9.84 Å². The molecule has 0 aromatic heterocycles. The van der Waals surface area contributed by atoms with Gasteiger partial charge < -0.3 is 5.11 Å². The molecule has 0 aliphatic heterocycles. The maximum absolute atomic E-state index is 11.5. The number of aliphatic hydroxyl groups is 1. The van der Waals surface area contributed by atoms with Crippen LogP contribution in [0.5, 0.6) is 0 Å². The van der Waals surface area contributed by atoms with E-state index in [0.29, 0.717) is 4.90 Å². The molecule has 0 aliphatic carbocycles. The highest BCUT2D eigenvalue weighted by molar-refractivity contribution is 7.90. The maximum atomic E-state index is 11.5. The zero-order valence-corrected chi connectivity index (χ0v) is 10.8. The van der Waals surface area contributed by atoms with Crippen LogP contribution >= 0.6 is 0 Å². The van der Waals surface area contributed by atoms with Gasteiger partial charge in [-0.3, -0.25) is 0 Å². The Morgan fingerprint density at radius 3 is 2.22 bits per heavy atom. The van der Waals surface area contributed by atoms with Crippen molar-refractivity contribution in [2.24, 2.45) is 0 Å². The summed E-state index contributed by atoms with van der Waals surface area (Å²) in [6.07, 6.45) is 1.20. The molecule has 3 nitrogen and oxygen atoms in total. The number of aliphatic hydroxyl groups excluding tert-OH is 1. The Bertz CT molecular complexity index is 643. The lowest BCUT2D eigenvalue weighted by Gasteiger charge is -2.05. The van der Waals surface area contributed by atoms with E-state index in [4.69, 9.17) is 5.11 Å². The highest BCUT2D eigenvalue weighted by Gasteiger charge is 2.08. The molecule has 0 radical (unpaired) electrons. The van der Waals surface area contributed by atoms with Crippen LogP contribution in [0.15, 0.2) is 53.4 Å². The van der Waals surface area contributed by atoms with E-state index in [-0.39, 0.29) is 6.61 Å². The minimum atomic E-state index is -3.19. The summed E-state index contributed by atoms with van der Waals surface area (Å²) in [4.78, 5) is 0.311. The van der Waals surface area contributed by atoms with Crippen molar-refractivity contribution < 1.29 is 13.5 Å². The lowest BCUT2D eigenvalue weighted by Crippen LogP contribution is -1.96. The fraction of sp³-hybridized carbons (Fsp3) is 0.143. The van der Waals surface area contributed by atoms with E-state index in [2.05, 4.69) is 0 Å². The molecule has 0 bridgehead atoms. The lowest BCUT2D eigenvalue weighted by molar-refractivity contribution is 0.282. The summed E-state index contributed by atoms with van der Waals surface area (Å²) in [5, 5.41) is 8.97. The predicted octanol–water partition coefficient (Wildman–Crippen LogP) is 2.25. The highest BCUT2D eigenvalue weighted by Crippen LogP contribution is 2.22. The quantitative estimate of drug-likeness (QED) is 0.923. The Balaban J connectivity index is 2.44. The Labute approximate surface area is 107 Å². The second-order valence-corrected chi connectivity index (χ2v) is 6.17. The van der Waals surface area contributed by atoms with Gasteiger partial charge in [0.05, 0.1) is 11.5 Å². The van der Waals surface area contributed by atoms with Crippen LogP contribution in [-0.4, -0.2) is 19.8 Å². The van der Waals surface area contributed by atoms with Crippen molar-refractivity contribution in [1.82, 2.24) is 0 Å². The van der Waals surface area contributed by atoms with Gasteiger partial charge in [0.1, 0.15) is 0 Å². The molecule has 18 heavy (non-hydrogen) atoms. The molecule has 0 heterocycles. The largest absolute Gasteiger partial charge is 0.392 e. The van der Waals surface area contributed by atoms with Gasteiger partial charge >= 0.3 is 0 Å². The molecule has 2 aromatic rings. The van der Waals surface area contributed by atoms with Crippen molar-refractivity contribution in [3.05, 3.63) is 54.1 Å². The van der Waals surface area contributed by atoms with Crippen molar-refractivity contribution in [1.29, 1.82) is 0 Å². The Morgan fingerprint density at radius 2 is 1.67 bits per heavy atom. The van der Waals surface area contributed by atoms with Crippen LogP contribution in [0.3, 0.4) is 0 Å². The third kappa shape index (κ3) is 2.78. The molecular weight excluding hydrogens is 248 g/mol. The summed E-state index contributed by atoms with van der Waals surface area (Å²) in [7, 11) is -3.19. The first-order valence-corrected chi connectivity index (χ1v) is 7.40. The fourth-order valence-corrected chi connectivity index (χ4v) is 2.38. The number of hydrogen-bond donors (Lipinski definition) is 1. The van der Waals surface area contributed by atoms with Crippen molar-refractivity contribution >= 4 is 9.84 Å².